The van der Waals surface area contributed by atoms with Crippen LogP contribution in [0.2, 0.25) is 0 Å². The SMILES string of the molecule is CSC[C@H]1C(=O)OCN1C(=O)OCC1c2ccccc2-c2ccccc21. The van der Waals surface area contributed by atoms with Crippen LogP contribution in [0.15, 0.2) is 48.5 Å². The van der Waals surface area contributed by atoms with Gasteiger partial charge < -0.3 is 9.47 Å². The topological polar surface area (TPSA) is 55.8 Å². The van der Waals surface area contributed by atoms with Crippen LogP contribution in [0.5, 0.6) is 0 Å². The fourth-order valence-electron chi connectivity index (χ4n) is 3.62. The molecule has 0 saturated carbocycles. The molecular formula is C20H19NO4S. The lowest BCUT2D eigenvalue weighted by molar-refractivity contribution is -0.138. The number of nitrogens with zero attached hydrogens (tertiary/aromatic N) is 1. The standard InChI is InChI=1S/C20H19NO4S/c1-26-11-18-19(22)25-12-21(18)20(23)24-10-17-15-8-4-2-6-13(15)14-7-3-5-9-16(14)17/h2-9,17-18H,10-12H2,1H3/t18-/m0/s1. The lowest BCUT2D eigenvalue weighted by atomic mass is 9.98. The molecule has 0 aromatic heterocycles. The summed E-state index contributed by atoms with van der Waals surface area (Å²) in [6.45, 7) is 0.199. The molecule has 26 heavy (non-hydrogen) atoms. The molecule has 0 spiro atoms. The van der Waals surface area contributed by atoms with Crippen LogP contribution in [0, 0.1) is 0 Å². The number of hydrogen-bond acceptors (Lipinski definition) is 5. The highest BCUT2D eigenvalue weighted by Gasteiger charge is 2.39. The zero-order chi connectivity index (χ0) is 18.1. The highest BCUT2D eigenvalue weighted by molar-refractivity contribution is 7.98. The third kappa shape index (κ3) is 2.84. The quantitative estimate of drug-likeness (QED) is 0.773. The first-order valence-electron chi connectivity index (χ1n) is 8.48. The van der Waals surface area contributed by atoms with Gasteiger partial charge in [-0.25, -0.2) is 9.59 Å². The molecule has 6 heteroatoms. The number of cyclic esters (lactones) is 1. The number of carbonyl (C=O) groups excluding carboxylic acids is 2. The van der Waals surface area contributed by atoms with E-state index in [2.05, 4.69) is 24.3 Å². The van der Waals surface area contributed by atoms with E-state index >= 15 is 0 Å². The summed E-state index contributed by atoms with van der Waals surface area (Å²) in [5.41, 5.74) is 4.69. The second kappa shape index (κ2) is 7.03. The third-order valence-corrected chi connectivity index (χ3v) is 5.54. The van der Waals surface area contributed by atoms with Crippen molar-refractivity contribution in [3.05, 3.63) is 59.7 Å². The first-order valence-corrected chi connectivity index (χ1v) is 9.87. The van der Waals surface area contributed by atoms with E-state index in [1.807, 2.05) is 30.5 Å². The number of hydrogen-bond donors (Lipinski definition) is 0. The van der Waals surface area contributed by atoms with Gasteiger partial charge in [0.2, 0.25) is 0 Å². The lowest BCUT2D eigenvalue weighted by Gasteiger charge is -2.21. The van der Waals surface area contributed by atoms with Crippen molar-refractivity contribution >= 4 is 23.8 Å². The summed E-state index contributed by atoms with van der Waals surface area (Å²) in [5, 5.41) is 0. The summed E-state index contributed by atoms with van der Waals surface area (Å²) in [4.78, 5) is 25.7. The third-order valence-electron chi connectivity index (χ3n) is 4.89. The average molecular weight is 369 g/mol. The van der Waals surface area contributed by atoms with Crippen LogP contribution in [0.1, 0.15) is 17.0 Å². The molecule has 1 aliphatic heterocycles. The number of ether oxygens (including phenoxy) is 2. The first-order chi connectivity index (χ1) is 12.7. The summed E-state index contributed by atoms with van der Waals surface area (Å²) in [6, 6.07) is 15.8. The van der Waals surface area contributed by atoms with Crippen LogP contribution in [0.3, 0.4) is 0 Å². The number of rotatable bonds is 4. The minimum Gasteiger partial charge on any atom is -0.448 e. The van der Waals surface area contributed by atoms with Gasteiger partial charge >= 0.3 is 12.1 Å². The van der Waals surface area contributed by atoms with E-state index in [1.165, 1.54) is 27.8 Å². The number of benzene rings is 2. The maximum atomic E-state index is 12.5. The average Bonchev–Trinajstić information content (AvgIpc) is 3.19. The van der Waals surface area contributed by atoms with E-state index in [9.17, 15) is 9.59 Å². The van der Waals surface area contributed by atoms with Crippen molar-refractivity contribution in [3.8, 4) is 11.1 Å². The Kier molecular flexibility index (Phi) is 4.59. The number of thioether (sulfide) groups is 1. The second-order valence-corrected chi connectivity index (χ2v) is 7.25. The van der Waals surface area contributed by atoms with Gasteiger partial charge in [0.15, 0.2) is 6.73 Å². The van der Waals surface area contributed by atoms with Crippen molar-refractivity contribution in [3.63, 3.8) is 0 Å². The normalized spacial score (nSPS) is 18.4. The van der Waals surface area contributed by atoms with Gasteiger partial charge in [-0.2, -0.15) is 11.8 Å². The fourth-order valence-corrected chi connectivity index (χ4v) is 4.25. The van der Waals surface area contributed by atoms with E-state index in [-0.39, 0.29) is 25.2 Å². The fraction of sp³-hybridized carbons (Fsp3) is 0.300. The van der Waals surface area contributed by atoms with Gasteiger partial charge in [-0.3, -0.25) is 4.90 Å². The van der Waals surface area contributed by atoms with Crippen molar-refractivity contribution < 1.29 is 19.1 Å². The number of amides is 1. The summed E-state index contributed by atoms with van der Waals surface area (Å²) >= 11 is 1.50. The Hall–Kier alpha value is -2.47. The van der Waals surface area contributed by atoms with Crippen LogP contribution >= 0.6 is 11.8 Å². The minimum absolute atomic E-state index is 0.00423. The molecule has 1 heterocycles. The van der Waals surface area contributed by atoms with Crippen LogP contribution in [-0.4, -0.2) is 48.4 Å². The Bertz CT molecular complexity index is 808. The molecule has 2 aromatic carbocycles. The van der Waals surface area contributed by atoms with E-state index in [0.717, 1.165) is 11.1 Å². The Morgan fingerprint density at radius 3 is 2.38 bits per heavy atom. The van der Waals surface area contributed by atoms with Gasteiger partial charge in [0.25, 0.3) is 0 Å². The molecule has 1 amide bonds. The molecule has 1 aliphatic carbocycles. The van der Waals surface area contributed by atoms with Crippen molar-refractivity contribution in [2.45, 2.75) is 12.0 Å². The molecular weight excluding hydrogens is 350 g/mol. The summed E-state index contributed by atoms with van der Waals surface area (Å²) in [6.07, 6.45) is 1.39. The highest BCUT2D eigenvalue weighted by atomic mass is 32.2. The molecule has 0 bridgehead atoms. The van der Waals surface area contributed by atoms with E-state index in [0.29, 0.717) is 5.75 Å². The molecule has 0 N–H and O–H groups in total. The van der Waals surface area contributed by atoms with E-state index in [1.54, 1.807) is 0 Å². The predicted octanol–water partition coefficient (Wildman–Crippen LogP) is 3.48. The molecule has 0 unspecified atom stereocenters. The Labute approximate surface area is 156 Å². The summed E-state index contributed by atoms with van der Waals surface area (Å²) < 4.78 is 10.6. The smallest absolute Gasteiger partial charge is 0.413 e. The van der Waals surface area contributed by atoms with Gasteiger partial charge in [0.1, 0.15) is 12.6 Å². The van der Waals surface area contributed by atoms with E-state index < -0.39 is 12.1 Å². The molecule has 4 rings (SSSR count). The minimum atomic E-state index is -0.569. The lowest BCUT2D eigenvalue weighted by Crippen LogP contribution is -2.40. The molecule has 1 fully saturated rings. The van der Waals surface area contributed by atoms with Gasteiger partial charge in [0.05, 0.1) is 0 Å². The molecule has 1 saturated heterocycles. The molecule has 1 atom stereocenters. The summed E-state index contributed by atoms with van der Waals surface area (Å²) in [7, 11) is 0. The maximum absolute atomic E-state index is 12.5. The van der Waals surface area contributed by atoms with Gasteiger partial charge in [0, 0.05) is 11.7 Å². The molecule has 5 nitrogen and oxygen atoms in total. The largest absolute Gasteiger partial charge is 0.448 e. The van der Waals surface area contributed by atoms with Crippen LogP contribution in [0.4, 0.5) is 4.79 Å². The van der Waals surface area contributed by atoms with Crippen molar-refractivity contribution in [2.75, 3.05) is 25.3 Å². The zero-order valence-corrected chi connectivity index (χ0v) is 15.2. The van der Waals surface area contributed by atoms with Crippen molar-refractivity contribution in [2.24, 2.45) is 0 Å². The molecule has 134 valence electrons. The van der Waals surface area contributed by atoms with Crippen LogP contribution < -0.4 is 0 Å². The Morgan fingerprint density at radius 1 is 1.15 bits per heavy atom. The Morgan fingerprint density at radius 2 is 1.77 bits per heavy atom. The number of fused-ring (bicyclic) bond motifs is 3. The van der Waals surface area contributed by atoms with Crippen molar-refractivity contribution in [1.82, 2.24) is 4.90 Å². The molecule has 0 radical (unpaired) electrons. The highest BCUT2D eigenvalue weighted by Crippen LogP contribution is 2.44. The molecule has 2 aliphatic rings. The van der Waals surface area contributed by atoms with Crippen LogP contribution in [-0.2, 0) is 14.3 Å². The van der Waals surface area contributed by atoms with E-state index in [4.69, 9.17) is 9.47 Å². The van der Waals surface area contributed by atoms with Gasteiger partial charge in [-0.05, 0) is 28.5 Å². The number of esters is 1. The van der Waals surface area contributed by atoms with Crippen molar-refractivity contribution in [1.29, 1.82) is 0 Å². The second-order valence-electron chi connectivity index (χ2n) is 6.34. The predicted molar refractivity (Wildman–Crippen MR) is 100 cm³/mol. The Balaban J connectivity index is 1.51. The summed E-state index contributed by atoms with van der Waals surface area (Å²) in [5.74, 6) is 0.140. The van der Waals surface area contributed by atoms with Crippen LogP contribution in [0.25, 0.3) is 11.1 Å². The molecule has 2 aromatic rings. The first kappa shape index (κ1) is 17.0. The zero-order valence-electron chi connectivity index (χ0n) is 14.4. The van der Waals surface area contributed by atoms with Gasteiger partial charge in [-0.15, -0.1) is 0 Å². The number of carbonyl (C=O) groups is 2. The maximum Gasteiger partial charge on any atom is 0.413 e. The monoisotopic (exact) mass is 369 g/mol. The van der Waals surface area contributed by atoms with Gasteiger partial charge in [-0.1, -0.05) is 48.5 Å².